The Kier molecular flexibility index (Phi) is 3.44. The van der Waals surface area contributed by atoms with Crippen molar-refractivity contribution in [3.63, 3.8) is 0 Å². The minimum atomic E-state index is -0.984. The van der Waals surface area contributed by atoms with E-state index >= 15 is 0 Å². The first kappa shape index (κ1) is 14.6. The van der Waals surface area contributed by atoms with Gasteiger partial charge < -0.3 is 4.98 Å². The number of hydrogen-bond acceptors (Lipinski definition) is 2. The standard InChI is InChI=1S/C15H9BrF2N2O2/c1-7-10(16)3-2-4-12(7)20-14(21)9-5-8(17)6-11(18)13(9)19-15(20)22/h2-6H,1H3,(H,19,22). The molecule has 4 nitrogen and oxygen atoms in total. The fraction of sp³-hybridized carbons (Fsp3) is 0.0667. The number of nitrogens with zero attached hydrogens (tertiary/aromatic N) is 1. The Morgan fingerprint density at radius 3 is 2.64 bits per heavy atom. The van der Waals surface area contributed by atoms with Crippen LogP contribution < -0.4 is 11.2 Å². The van der Waals surface area contributed by atoms with E-state index in [9.17, 15) is 18.4 Å². The molecular weight excluding hydrogens is 358 g/mol. The molecule has 0 saturated carbocycles. The van der Waals surface area contributed by atoms with E-state index in [2.05, 4.69) is 20.9 Å². The summed E-state index contributed by atoms with van der Waals surface area (Å²) in [6.07, 6.45) is 0. The molecule has 0 amide bonds. The first-order valence-electron chi connectivity index (χ1n) is 6.29. The molecule has 0 saturated heterocycles. The van der Waals surface area contributed by atoms with Crippen LogP contribution >= 0.6 is 15.9 Å². The van der Waals surface area contributed by atoms with Crippen molar-refractivity contribution in [1.82, 2.24) is 9.55 Å². The average Bonchev–Trinajstić information content (AvgIpc) is 2.45. The Hall–Kier alpha value is -2.28. The van der Waals surface area contributed by atoms with Gasteiger partial charge in [-0.2, -0.15) is 0 Å². The van der Waals surface area contributed by atoms with Gasteiger partial charge in [-0.25, -0.2) is 18.1 Å². The van der Waals surface area contributed by atoms with Crippen molar-refractivity contribution < 1.29 is 8.78 Å². The van der Waals surface area contributed by atoms with Crippen molar-refractivity contribution >= 4 is 26.8 Å². The first-order valence-corrected chi connectivity index (χ1v) is 7.09. The Morgan fingerprint density at radius 1 is 1.18 bits per heavy atom. The van der Waals surface area contributed by atoms with Gasteiger partial charge in [0, 0.05) is 10.5 Å². The molecule has 1 heterocycles. The number of aromatic nitrogens is 2. The molecule has 0 aliphatic carbocycles. The summed E-state index contributed by atoms with van der Waals surface area (Å²) >= 11 is 3.32. The van der Waals surface area contributed by atoms with E-state index in [0.717, 1.165) is 10.6 Å². The first-order chi connectivity index (χ1) is 10.4. The maximum Gasteiger partial charge on any atom is 0.333 e. The molecule has 1 N–H and O–H groups in total. The minimum absolute atomic E-state index is 0.225. The Labute approximate surface area is 131 Å². The van der Waals surface area contributed by atoms with E-state index in [0.29, 0.717) is 21.8 Å². The molecule has 3 aromatic rings. The van der Waals surface area contributed by atoms with Crippen molar-refractivity contribution in [2.24, 2.45) is 0 Å². The minimum Gasteiger partial charge on any atom is -0.304 e. The van der Waals surface area contributed by atoms with Gasteiger partial charge in [-0.05, 0) is 30.7 Å². The highest BCUT2D eigenvalue weighted by atomic mass is 79.9. The topological polar surface area (TPSA) is 54.9 Å². The normalized spacial score (nSPS) is 11.1. The highest BCUT2D eigenvalue weighted by molar-refractivity contribution is 9.10. The SMILES string of the molecule is Cc1c(Br)cccc1-n1c(=O)[nH]c2c(F)cc(F)cc2c1=O. The molecule has 0 bridgehead atoms. The number of H-pyrrole nitrogens is 1. The molecule has 0 spiro atoms. The Morgan fingerprint density at radius 2 is 1.91 bits per heavy atom. The van der Waals surface area contributed by atoms with Crippen LogP contribution in [0.3, 0.4) is 0 Å². The summed E-state index contributed by atoms with van der Waals surface area (Å²) in [5, 5.41) is -0.225. The quantitative estimate of drug-likeness (QED) is 0.719. The van der Waals surface area contributed by atoms with Crippen molar-refractivity contribution in [1.29, 1.82) is 0 Å². The maximum atomic E-state index is 13.7. The van der Waals surface area contributed by atoms with Crippen molar-refractivity contribution in [3.05, 3.63) is 72.8 Å². The fourth-order valence-electron chi connectivity index (χ4n) is 2.30. The molecule has 1 aromatic heterocycles. The Balaban J connectivity index is 2.49. The zero-order valence-electron chi connectivity index (χ0n) is 11.3. The van der Waals surface area contributed by atoms with E-state index in [1.165, 1.54) is 0 Å². The molecular formula is C15H9BrF2N2O2. The van der Waals surface area contributed by atoms with Crippen molar-refractivity contribution in [2.45, 2.75) is 6.92 Å². The molecule has 3 rings (SSSR count). The van der Waals surface area contributed by atoms with Gasteiger partial charge in [-0.3, -0.25) is 4.79 Å². The summed E-state index contributed by atoms with van der Waals surface area (Å²) in [5.41, 5.74) is -0.874. The van der Waals surface area contributed by atoms with Gasteiger partial charge in [-0.1, -0.05) is 22.0 Å². The highest BCUT2D eigenvalue weighted by Gasteiger charge is 2.15. The summed E-state index contributed by atoms with van der Waals surface area (Å²) in [7, 11) is 0. The van der Waals surface area contributed by atoms with E-state index in [4.69, 9.17) is 0 Å². The summed E-state index contributed by atoms with van der Waals surface area (Å²) < 4.78 is 28.7. The van der Waals surface area contributed by atoms with Crippen LogP contribution in [0.25, 0.3) is 16.6 Å². The summed E-state index contributed by atoms with van der Waals surface area (Å²) in [4.78, 5) is 27.0. The second-order valence-corrected chi connectivity index (χ2v) is 5.62. The van der Waals surface area contributed by atoms with E-state index in [1.807, 2.05) is 0 Å². The second-order valence-electron chi connectivity index (χ2n) is 4.76. The van der Waals surface area contributed by atoms with Gasteiger partial charge in [0.05, 0.1) is 16.6 Å². The molecule has 0 radical (unpaired) electrons. The number of hydrogen-bond donors (Lipinski definition) is 1. The number of benzene rings is 2. The van der Waals surface area contributed by atoms with Gasteiger partial charge in [0.2, 0.25) is 0 Å². The van der Waals surface area contributed by atoms with Crippen LogP contribution in [-0.4, -0.2) is 9.55 Å². The molecule has 0 fully saturated rings. The smallest absolute Gasteiger partial charge is 0.304 e. The molecule has 0 unspecified atom stereocenters. The van der Waals surface area contributed by atoms with Gasteiger partial charge in [0.1, 0.15) is 5.82 Å². The summed E-state index contributed by atoms with van der Waals surface area (Å²) in [5.74, 6) is -1.87. The van der Waals surface area contributed by atoms with Crippen LogP contribution in [0.1, 0.15) is 5.56 Å². The zero-order valence-corrected chi connectivity index (χ0v) is 12.9. The highest BCUT2D eigenvalue weighted by Crippen LogP contribution is 2.21. The van der Waals surface area contributed by atoms with Crippen LogP contribution in [0.15, 0.2) is 44.4 Å². The van der Waals surface area contributed by atoms with Crippen molar-refractivity contribution in [3.8, 4) is 5.69 Å². The molecule has 0 aliphatic rings. The van der Waals surface area contributed by atoms with Crippen LogP contribution in [0, 0.1) is 18.6 Å². The monoisotopic (exact) mass is 366 g/mol. The largest absolute Gasteiger partial charge is 0.333 e. The number of nitrogens with one attached hydrogen (secondary N) is 1. The number of rotatable bonds is 1. The predicted molar refractivity (Wildman–Crippen MR) is 82.5 cm³/mol. The van der Waals surface area contributed by atoms with E-state index < -0.39 is 22.9 Å². The third-order valence-corrected chi connectivity index (χ3v) is 4.26. The van der Waals surface area contributed by atoms with Gasteiger partial charge in [0.15, 0.2) is 5.82 Å². The van der Waals surface area contributed by atoms with Crippen LogP contribution in [0.5, 0.6) is 0 Å². The lowest BCUT2D eigenvalue weighted by Crippen LogP contribution is -2.34. The van der Waals surface area contributed by atoms with Crippen LogP contribution in [-0.2, 0) is 0 Å². The molecule has 22 heavy (non-hydrogen) atoms. The molecule has 0 atom stereocenters. The van der Waals surface area contributed by atoms with E-state index in [-0.39, 0.29) is 10.9 Å². The fourth-order valence-corrected chi connectivity index (χ4v) is 2.66. The van der Waals surface area contributed by atoms with Gasteiger partial charge in [0.25, 0.3) is 5.56 Å². The Bertz CT molecular complexity index is 1020. The lowest BCUT2D eigenvalue weighted by Gasteiger charge is -2.10. The number of halogens is 3. The lowest BCUT2D eigenvalue weighted by molar-refractivity contribution is 0.589. The second kappa shape index (κ2) is 5.17. The number of fused-ring (bicyclic) bond motifs is 1. The summed E-state index contributed by atoms with van der Waals surface area (Å²) in [6.45, 7) is 1.72. The van der Waals surface area contributed by atoms with Crippen LogP contribution in [0.4, 0.5) is 8.78 Å². The molecule has 0 aliphatic heterocycles. The third kappa shape index (κ3) is 2.18. The van der Waals surface area contributed by atoms with Gasteiger partial charge in [-0.15, -0.1) is 0 Å². The van der Waals surface area contributed by atoms with Gasteiger partial charge >= 0.3 is 5.69 Å². The summed E-state index contributed by atoms with van der Waals surface area (Å²) in [6, 6.07) is 6.53. The van der Waals surface area contributed by atoms with Crippen molar-refractivity contribution in [2.75, 3.05) is 0 Å². The lowest BCUT2D eigenvalue weighted by atomic mass is 10.2. The molecule has 7 heteroatoms. The molecule has 2 aromatic carbocycles. The number of aromatic amines is 1. The zero-order chi connectivity index (χ0) is 16.0. The van der Waals surface area contributed by atoms with E-state index in [1.54, 1.807) is 25.1 Å². The predicted octanol–water partition coefficient (Wildman–Crippen LogP) is 3.03. The maximum absolute atomic E-state index is 13.7. The third-order valence-electron chi connectivity index (χ3n) is 3.40. The van der Waals surface area contributed by atoms with Crippen LogP contribution in [0.2, 0.25) is 0 Å². The average molecular weight is 367 g/mol. The molecule has 112 valence electrons.